The van der Waals surface area contributed by atoms with Crippen molar-refractivity contribution in [3.05, 3.63) is 17.5 Å². The second kappa shape index (κ2) is 3.79. The highest BCUT2D eigenvalue weighted by Gasteiger charge is 2.14. The molecule has 1 N–H and O–H groups in total. The van der Waals surface area contributed by atoms with Crippen molar-refractivity contribution in [1.82, 2.24) is 14.7 Å². The smallest absolute Gasteiger partial charge is 0.210 e. The average Bonchev–Trinajstić information content (AvgIpc) is 2.50. The first-order valence-corrected chi connectivity index (χ1v) is 4.69. The van der Waals surface area contributed by atoms with Gasteiger partial charge in [-0.25, -0.2) is 0 Å². The van der Waals surface area contributed by atoms with Gasteiger partial charge in [-0.3, -0.25) is 9.48 Å². The molecule has 2 rings (SSSR count). The zero-order chi connectivity index (χ0) is 9.97. The fraction of sp³-hybridized carbons (Fsp3) is 0.556. The summed E-state index contributed by atoms with van der Waals surface area (Å²) in [7, 11) is 0. The van der Waals surface area contributed by atoms with E-state index in [2.05, 4.69) is 5.10 Å². The number of hydrogen-bond donors (Lipinski definition) is 1. The van der Waals surface area contributed by atoms with Crippen molar-refractivity contribution >= 4 is 6.41 Å². The van der Waals surface area contributed by atoms with Gasteiger partial charge in [0.05, 0.1) is 24.5 Å². The molecule has 0 unspecified atom stereocenters. The molecule has 2 heterocycles. The van der Waals surface area contributed by atoms with Crippen LogP contribution in [0.25, 0.3) is 0 Å². The van der Waals surface area contributed by atoms with E-state index < -0.39 is 0 Å². The summed E-state index contributed by atoms with van der Waals surface area (Å²) in [5, 5.41) is 13.1. The summed E-state index contributed by atoms with van der Waals surface area (Å²) in [4.78, 5) is 12.4. The molecule has 0 aliphatic carbocycles. The minimum Gasteiger partial charge on any atom is -0.390 e. The van der Waals surface area contributed by atoms with Gasteiger partial charge in [0.2, 0.25) is 6.41 Å². The molecule has 0 bridgehead atoms. The van der Waals surface area contributed by atoms with Crippen LogP contribution in [0.3, 0.4) is 0 Å². The van der Waals surface area contributed by atoms with Crippen LogP contribution < -0.4 is 0 Å². The van der Waals surface area contributed by atoms with Crippen LogP contribution in [-0.2, 0) is 24.5 Å². The number of nitrogens with zero attached hydrogens (tertiary/aromatic N) is 3. The molecule has 0 atom stereocenters. The summed E-state index contributed by atoms with van der Waals surface area (Å²) in [6, 6.07) is 1.85. The standard InChI is InChI=1S/C9H13N3O2/c13-6-8-4-9-5-11(7-14)2-1-3-12(9)10-8/h4,7,13H,1-3,5-6H2. The van der Waals surface area contributed by atoms with Gasteiger partial charge in [0.1, 0.15) is 0 Å². The number of fused-ring (bicyclic) bond motifs is 1. The highest BCUT2D eigenvalue weighted by atomic mass is 16.3. The van der Waals surface area contributed by atoms with Gasteiger partial charge in [0.15, 0.2) is 0 Å². The van der Waals surface area contributed by atoms with Crippen molar-refractivity contribution in [2.75, 3.05) is 6.54 Å². The van der Waals surface area contributed by atoms with Crippen molar-refractivity contribution in [3.8, 4) is 0 Å². The van der Waals surface area contributed by atoms with E-state index in [-0.39, 0.29) is 6.61 Å². The highest BCUT2D eigenvalue weighted by Crippen LogP contribution is 2.12. The predicted octanol–water partition coefficient (Wildman–Crippen LogP) is -0.263. The zero-order valence-electron chi connectivity index (χ0n) is 7.89. The van der Waals surface area contributed by atoms with Crippen LogP contribution in [-0.4, -0.2) is 32.7 Å². The average molecular weight is 195 g/mol. The Morgan fingerprint density at radius 2 is 2.43 bits per heavy atom. The fourth-order valence-corrected chi connectivity index (χ4v) is 1.71. The lowest BCUT2D eigenvalue weighted by Crippen LogP contribution is -2.20. The Morgan fingerprint density at radius 3 is 3.14 bits per heavy atom. The number of rotatable bonds is 2. The molecule has 5 heteroatoms. The van der Waals surface area contributed by atoms with Crippen LogP contribution in [0.2, 0.25) is 0 Å². The van der Waals surface area contributed by atoms with Crippen LogP contribution in [0.5, 0.6) is 0 Å². The summed E-state index contributed by atoms with van der Waals surface area (Å²) in [5.41, 5.74) is 1.67. The number of aliphatic hydroxyl groups is 1. The molecule has 1 aromatic heterocycles. The third-order valence-corrected chi connectivity index (χ3v) is 2.41. The molecular weight excluding hydrogens is 182 g/mol. The molecule has 0 spiro atoms. The highest BCUT2D eigenvalue weighted by molar-refractivity contribution is 5.47. The van der Waals surface area contributed by atoms with Gasteiger partial charge < -0.3 is 10.0 Å². The third kappa shape index (κ3) is 1.63. The third-order valence-electron chi connectivity index (χ3n) is 2.41. The minimum absolute atomic E-state index is 0.0406. The molecule has 14 heavy (non-hydrogen) atoms. The summed E-state index contributed by atoms with van der Waals surface area (Å²) >= 11 is 0. The summed E-state index contributed by atoms with van der Waals surface area (Å²) < 4.78 is 1.87. The summed E-state index contributed by atoms with van der Waals surface area (Å²) in [6.45, 7) is 2.15. The predicted molar refractivity (Wildman–Crippen MR) is 49.2 cm³/mol. The van der Waals surface area contributed by atoms with Crippen molar-refractivity contribution in [2.45, 2.75) is 26.1 Å². The first kappa shape index (κ1) is 9.21. The van der Waals surface area contributed by atoms with E-state index >= 15 is 0 Å². The van der Waals surface area contributed by atoms with Gasteiger partial charge in [-0.2, -0.15) is 5.10 Å². The van der Waals surface area contributed by atoms with Crippen molar-refractivity contribution < 1.29 is 9.90 Å². The first-order chi connectivity index (χ1) is 6.83. The van der Waals surface area contributed by atoms with Gasteiger partial charge >= 0.3 is 0 Å². The molecule has 0 saturated carbocycles. The summed E-state index contributed by atoms with van der Waals surface area (Å²) in [5.74, 6) is 0. The number of aryl methyl sites for hydroxylation is 1. The van der Waals surface area contributed by atoms with Gasteiger partial charge in [-0.1, -0.05) is 0 Å². The largest absolute Gasteiger partial charge is 0.390 e. The minimum atomic E-state index is -0.0406. The second-order valence-corrected chi connectivity index (χ2v) is 3.44. The molecule has 1 aliphatic rings. The van der Waals surface area contributed by atoms with Gasteiger partial charge in [-0.05, 0) is 12.5 Å². The van der Waals surface area contributed by atoms with E-state index in [0.717, 1.165) is 31.6 Å². The lowest BCUT2D eigenvalue weighted by atomic mass is 10.3. The Hall–Kier alpha value is -1.36. The normalized spacial score (nSPS) is 16.2. The molecule has 0 radical (unpaired) electrons. The molecule has 0 aromatic carbocycles. The number of carbonyl (C=O) groups excluding carboxylic acids is 1. The maximum absolute atomic E-state index is 10.6. The van der Waals surface area contributed by atoms with Crippen LogP contribution in [0, 0.1) is 0 Å². The fourth-order valence-electron chi connectivity index (χ4n) is 1.71. The lowest BCUT2D eigenvalue weighted by Gasteiger charge is -2.11. The molecule has 1 aliphatic heterocycles. The Labute approximate surface area is 81.9 Å². The topological polar surface area (TPSA) is 58.4 Å². The molecular formula is C9H13N3O2. The molecule has 0 saturated heterocycles. The quantitative estimate of drug-likeness (QED) is 0.661. The van der Waals surface area contributed by atoms with E-state index in [1.807, 2.05) is 10.7 Å². The first-order valence-electron chi connectivity index (χ1n) is 4.69. The Balaban J connectivity index is 2.24. The van der Waals surface area contributed by atoms with Crippen LogP contribution in [0.15, 0.2) is 6.07 Å². The molecule has 1 aromatic rings. The lowest BCUT2D eigenvalue weighted by molar-refractivity contribution is -0.118. The van der Waals surface area contributed by atoms with Crippen molar-refractivity contribution in [1.29, 1.82) is 0 Å². The van der Waals surface area contributed by atoms with Gasteiger partial charge in [-0.15, -0.1) is 0 Å². The Bertz CT molecular complexity index is 335. The summed E-state index contributed by atoms with van der Waals surface area (Å²) in [6.07, 6.45) is 1.78. The number of carbonyl (C=O) groups is 1. The number of aliphatic hydroxyl groups excluding tert-OH is 1. The number of aromatic nitrogens is 2. The van der Waals surface area contributed by atoms with E-state index in [1.165, 1.54) is 0 Å². The van der Waals surface area contributed by atoms with Gasteiger partial charge in [0.25, 0.3) is 0 Å². The number of amides is 1. The van der Waals surface area contributed by atoms with Crippen LogP contribution in [0.1, 0.15) is 17.8 Å². The van der Waals surface area contributed by atoms with Crippen LogP contribution in [0.4, 0.5) is 0 Å². The Morgan fingerprint density at radius 1 is 1.57 bits per heavy atom. The van der Waals surface area contributed by atoms with E-state index in [9.17, 15) is 4.79 Å². The number of hydrogen-bond acceptors (Lipinski definition) is 3. The molecule has 5 nitrogen and oxygen atoms in total. The zero-order valence-corrected chi connectivity index (χ0v) is 7.89. The maximum Gasteiger partial charge on any atom is 0.210 e. The van der Waals surface area contributed by atoms with Crippen molar-refractivity contribution in [2.24, 2.45) is 0 Å². The SMILES string of the molecule is O=CN1CCCn2nc(CO)cc2C1. The molecule has 1 amide bonds. The molecule has 0 fully saturated rings. The second-order valence-electron chi connectivity index (χ2n) is 3.44. The van der Waals surface area contributed by atoms with E-state index in [0.29, 0.717) is 12.2 Å². The molecule has 76 valence electrons. The van der Waals surface area contributed by atoms with E-state index in [1.54, 1.807) is 4.90 Å². The van der Waals surface area contributed by atoms with Crippen molar-refractivity contribution in [3.63, 3.8) is 0 Å². The monoisotopic (exact) mass is 195 g/mol. The maximum atomic E-state index is 10.6. The van der Waals surface area contributed by atoms with E-state index in [4.69, 9.17) is 5.11 Å². The Kier molecular flexibility index (Phi) is 2.49. The van der Waals surface area contributed by atoms with Crippen LogP contribution >= 0.6 is 0 Å². The van der Waals surface area contributed by atoms with Gasteiger partial charge in [0, 0.05) is 13.1 Å².